The van der Waals surface area contributed by atoms with E-state index in [1.54, 1.807) is 29.2 Å². The summed E-state index contributed by atoms with van der Waals surface area (Å²) in [6.45, 7) is 8.17. The Morgan fingerprint density at radius 1 is 0.875 bits per heavy atom. The van der Waals surface area contributed by atoms with Crippen LogP contribution in [0.3, 0.4) is 0 Å². The van der Waals surface area contributed by atoms with Crippen molar-refractivity contribution in [2.24, 2.45) is 0 Å². The molecule has 2 amide bonds. The Bertz CT molecular complexity index is 1370. The van der Waals surface area contributed by atoms with Gasteiger partial charge in [-0.2, -0.15) is 0 Å². The molecule has 0 spiro atoms. The quantitative estimate of drug-likeness (QED) is 0.332. The molecule has 0 radical (unpaired) electrons. The third-order valence-electron chi connectivity index (χ3n) is 6.40. The summed E-state index contributed by atoms with van der Waals surface area (Å²) in [5.41, 5.74) is 3.02. The van der Waals surface area contributed by atoms with Crippen LogP contribution in [-0.2, 0) is 32.6 Å². The minimum Gasteiger partial charge on any atom is -0.350 e. The standard InChI is InChI=1S/C32H41N3O4S/c1-25-14-12-17-27(22-25)24-34(29(31(37)33-32(2,3)4)23-26-15-8-6-9-16-26)30(36)20-13-21-35(40(5,38)39)28-18-10-7-11-19-28/h6-12,14-19,22,29H,13,20-21,23-24H2,1-5H3,(H,33,37)/t29-/m0/s1. The van der Waals surface area contributed by atoms with Crippen molar-refractivity contribution in [2.45, 2.75) is 65.1 Å². The van der Waals surface area contributed by atoms with E-state index >= 15 is 0 Å². The molecule has 0 aliphatic rings. The van der Waals surface area contributed by atoms with Crippen molar-refractivity contribution in [1.29, 1.82) is 0 Å². The van der Waals surface area contributed by atoms with Gasteiger partial charge in [0.15, 0.2) is 0 Å². The molecule has 0 aliphatic carbocycles. The summed E-state index contributed by atoms with van der Waals surface area (Å²) < 4.78 is 26.4. The van der Waals surface area contributed by atoms with E-state index in [9.17, 15) is 18.0 Å². The van der Waals surface area contributed by atoms with Gasteiger partial charge in [-0.3, -0.25) is 13.9 Å². The van der Waals surface area contributed by atoms with E-state index in [0.29, 0.717) is 18.5 Å². The monoisotopic (exact) mass is 563 g/mol. The molecule has 0 aliphatic heterocycles. The van der Waals surface area contributed by atoms with Crippen LogP contribution < -0.4 is 9.62 Å². The number of para-hydroxylation sites is 1. The van der Waals surface area contributed by atoms with Crippen molar-refractivity contribution in [3.8, 4) is 0 Å². The van der Waals surface area contributed by atoms with Gasteiger partial charge in [-0.1, -0.05) is 78.4 Å². The van der Waals surface area contributed by atoms with Crippen molar-refractivity contribution in [2.75, 3.05) is 17.1 Å². The molecule has 0 fully saturated rings. The Labute approximate surface area is 239 Å². The number of carbonyl (C=O) groups excluding carboxylic acids is 2. The third kappa shape index (κ3) is 9.52. The van der Waals surface area contributed by atoms with Crippen molar-refractivity contribution < 1.29 is 18.0 Å². The number of rotatable bonds is 12. The summed E-state index contributed by atoms with van der Waals surface area (Å²) in [6.07, 6.45) is 1.93. The van der Waals surface area contributed by atoms with E-state index in [1.807, 2.05) is 88.4 Å². The minimum absolute atomic E-state index is 0.0960. The van der Waals surface area contributed by atoms with Gasteiger partial charge in [0, 0.05) is 31.5 Å². The molecule has 3 aromatic carbocycles. The topological polar surface area (TPSA) is 86.8 Å². The van der Waals surface area contributed by atoms with Crippen LogP contribution in [0.15, 0.2) is 84.9 Å². The second kappa shape index (κ2) is 13.6. The molecule has 3 rings (SSSR count). The molecule has 0 bridgehead atoms. The fourth-order valence-electron chi connectivity index (χ4n) is 4.61. The summed E-state index contributed by atoms with van der Waals surface area (Å²) >= 11 is 0. The number of hydrogen-bond donors (Lipinski definition) is 1. The molecule has 1 atom stereocenters. The van der Waals surface area contributed by atoms with Gasteiger partial charge in [-0.15, -0.1) is 0 Å². The fourth-order valence-corrected chi connectivity index (χ4v) is 5.58. The van der Waals surface area contributed by atoms with Crippen LogP contribution in [0.2, 0.25) is 0 Å². The summed E-state index contributed by atoms with van der Waals surface area (Å²) in [5.74, 6) is -0.424. The molecule has 0 aromatic heterocycles. The number of aryl methyl sites for hydroxylation is 1. The maximum atomic E-state index is 13.9. The fraction of sp³-hybridized carbons (Fsp3) is 0.375. The molecule has 3 aromatic rings. The summed E-state index contributed by atoms with van der Waals surface area (Å²) in [5, 5.41) is 3.07. The van der Waals surface area contributed by atoms with E-state index in [4.69, 9.17) is 0 Å². The lowest BCUT2D eigenvalue weighted by molar-refractivity contribution is -0.142. The third-order valence-corrected chi connectivity index (χ3v) is 7.60. The Balaban J connectivity index is 1.90. The Hall–Kier alpha value is -3.65. The van der Waals surface area contributed by atoms with E-state index < -0.39 is 21.6 Å². The highest BCUT2D eigenvalue weighted by atomic mass is 32.2. The number of amides is 2. The number of nitrogens with zero attached hydrogens (tertiary/aromatic N) is 2. The largest absolute Gasteiger partial charge is 0.350 e. The van der Waals surface area contributed by atoms with Crippen LogP contribution in [0.4, 0.5) is 5.69 Å². The lowest BCUT2D eigenvalue weighted by atomic mass is 10.00. The van der Waals surface area contributed by atoms with E-state index in [2.05, 4.69) is 5.32 Å². The van der Waals surface area contributed by atoms with Gasteiger partial charge in [0.05, 0.1) is 11.9 Å². The number of nitrogens with one attached hydrogen (secondary N) is 1. The highest BCUT2D eigenvalue weighted by Crippen LogP contribution is 2.20. The number of sulfonamides is 1. The van der Waals surface area contributed by atoms with Gasteiger partial charge in [-0.05, 0) is 57.4 Å². The number of carbonyl (C=O) groups is 2. The van der Waals surface area contributed by atoms with Gasteiger partial charge in [0.1, 0.15) is 6.04 Å². The predicted octanol–water partition coefficient (Wildman–Crippen LogP) is 5.10. The molecular formula is C32H41N3O4S. The molecule has 40 heavy (non-hydrogen) atoms. The van der Waals surface area contributed by atoms with Gasteiger partial charge >= 0.3 is 0 Å². The predicted molar refractivity (Wildman–Crippen MR) is 161 cm³/mol. The first-order valence-corrected chi connectivity index (χ1v) is 15.4. The SMILES string of the molecule is Cc1cccc(CN(C(=O)CCCN(c2ccccc2)S(C)(=O)=O)[C@@H](Cc2ccccc2)C(=O)NC(C)(C)C)c1. The van der Waals surface area contributed by atoms with Crippen LogP contribution in [-0.4, -0.2) is 49.5 Å². The lowest BCUT2D eigenvalue weighted by Gasteiger charge is -2.34. The second-order valence-electron chi connectivity index (χ2n) is 11.2. The van der Waals surface area contributed by atoms with Gasteiger partial charge in [-0.25, -0.2) is 8.42 Å². The zero-order valence-corrected chi connectivity index (χ0v) is 24.9. The molecule has 1 N–H and O–H groups in total. The van der Waals surface area contributed by atoms with Crippen LogP contribution in [0.1, 0.15) is 50.3 Å². The molecular weight excluding hydrogens is 522 g/mol. The number of anilines is 1. The van der Waals surface area contributed by atoms with Crippen LogP contribution >= 0.6 is 0 Å². The molecule has 214 valence electrons. The maximum Gasteiger partial charge on any atom is 0.243 e. The van der Waals surface area contributed by atoms with Gasteiger partial charge in [0.2, 0.25) is 21.8 Å². The molecule has 0 saturated carbocycles. The summed E-state index contributed by atoms with van der Waals surface area (Å²) in [7, 11) is -3.54. The Morgan fingerprint density at radius 3 is 2.05 bits per heavy atom. The zero-order valence-electron chi connectivity index (χ0n) is 24.1. The highest BCUT2D eigenvalue weighted by molar-refractivity contribution is 7.92. The average Bonchev–Trinajstić information content (AvgIpc) is 2.88. The van der Waals surface area contributed by atoms with Gasteiger partial charge in [0.25, 0.3) is 0 Å². The first-order chi connectivity index (χ1) is 18.8. The van der Waals surface area contributed by atoms with E-state index in [0.717, 1.165) is 16.7 Å². The summed E-state index contributed by atoms with van der Waals surface area (Å²) in [6, 6.07) is 25.7. The molecule has 0 heterocycles. The first-order valence-electron chi connectivity index (χ1n) is 13.6. The zero-order chi connectivity index (χ0) is 29.3. The van der Waals surface area contributed by atoms with E-state index in [-0.39, 0.29) is 31.3 Å². The smallest absolute Gasteiger partial charge is 0.243 e. The maximum absolute atomic E-state index is 13.9. The molecule has 7 nitrogen and oxygen atoms in total. The molecule has 0 unspecified atom stereocenters. The highest BCUT2D eigenvalue weighted by Gasteiger charge is 2.32. The Kier molecular flexibility index (Phi) is 10.5. The molecule has 0 saturated heterocycles. The minimum atomic E-state index is -3.54. The van der Waals surface area contributed by atoms with Crippen molar-refractivity contribution in [3.63, 3.8) is 0 Å². The van der Waals surface area contributed by atoms with Crippen molar-refractivity contribution >= 4 is 27.5 Å². The Morgan fingerprint density at radius 2 is 1.48 bits per heavy atom. The lowest BCUT2D eigenvalue weighted by Crippen LogP contribution is -2.54. The van der Waals surface area contributed by atoms with Crippen LogP contribution in [0, 0.1) is 6.92 Å². The van der Waals surface area contributed by atoms with Crippen LogP contribution in [0.5, 0.6) is 0 Å². The second-order valence-corrected chi connectivity index (χ2v) is 13.1. The van der Waals surface area contributed by atoms with Crippen LogP contribution in [0.25, 0.3) is 0 Å². The van der Waals surface area contributed by atoms with Crippen molar-refractivity contribution in [3.05, 3.63) is 102 Å². The number of hydrogen-bond acceptors (Lipinski definition) is 4. The molecule has 8 heteroatoms. The summed E-state index contributed by atoms with van der Waals surface area (Å²) in [4.78, 5) is 29.2. The average molecular weight is 564 g/mol. The normalized spacial score (nSPS) is 12.4. The van der Waals surface area contributed by atoms with E-state index in [1.165, 1.54) is 10.6 Å². The first kappa shape index (κ1) is 30.9. The van der Waals surface area contributed by atoms with Crippen molar-refractivity contribution in [1.82, 2.24) is 10.2 Å². The number of benzene rings is 3. The van der Waals surface area contributed by atoms with Gasteiger partial charge < -0.3 is 10.2 Å².